The van der Waals surface area contributed by atoms with Crippen LogP contribution in [0.3, 0.4) is 0 Å². The van der Waals surface area contributed by atoms with E-state index >= 15 is 0 Å². The number of alkyl halides is 1. The summed E-state index contributed by atoms with van der Waals surface area (Å²) in [4.78, 5) is 0. The first-order valence-corrected chi connectivity index (χ1v) is 2.00. The highest BCUT2D eigenvalue weighted by molar-refractivity contribution is 7.66. The van der Waals surface area contributed by atoms with Gasteiger partial charge in [0.15, 0.2) is 0 Å². The van der Waals surface area contributed by atoms with Crippen molar-refractivity contribution >= 4 is 11.7 Å². The van der Waals surface area contributed by atoms with Crippen molar-refractivity contribution in [3.8, 4) is 0 Å². The number of hydrogen-bond donors (Lipinski definition) is 0. The topological polar surface area (TPSA) is 17.1 Å². The second kappa shape index (κ2) is 2.20. The lowest BCUT2D eigenvalue weighted by molar-refractivity contribution is 0.466. The molecule has 0 aliphatic carbocycles. The van der Waals surface area contributed by atoms with E-state index in [1.165, 1.54) is 6.92 Å². The summed E-state index contributed by atoms with van der Waals surface area (Å²) in [7, 11) is 0. The minimum atomic E-state index is -1.25. The zero-order chi connectivity index (χ0) is 4.28. The molecular weight excluding hydrogens is 91.1 g/mol. The molecule has 1 nitrogen and oxygen atoms in total. The van der Waals surface area contributed by atoms with Gasteiger partial charge in [-0.2, -0.15) is 4.39 Å². The molecule has 0 saturated carbocycles. The Hall–Kier alpha value is -0.0500. The third-order valence-corrected chi connectivity index (χ3v) is 0.398. The summed E-state index contributed by atoms with van der Waals surface area (Å²) in [5.74, 6) is 0. The molecule has 0 rings (SSSR count). The molecule has 0 spiro atoms. The van der Waals surface area contributed by atoms with Crippen LogP contribution in [-0.4, -0.2) is 5.50 Å². The molecule has 0 aromatic heterocycles. The maximum absolute atomic E-state index is 11.1. The van der Waals surface area contributed by atoms with Crippen LogP contribution in [0.4, 0.5) is 4.39 Å². The first-order valence-electron chi connectivity index (χ1n) is 1.20. The van der Waals surface area contributed by atoms with Gasteiger partial charge in [0.25, 0.3) is 0 Å². The smallest absolute Gasteiger partial charge is 0.175 e. The van der Waals surface area contributed by atoms with E-state index in [0.29, 0.717) is 0 Å². The van der Waals surface area contributed by atoms with Crippen LogP contribution in [0.25, 0.3) is 0 Å². The largest absolute Gasteiger partial charge is 0.498 e. The number of halogens is 1. The van der Waals surface area contributed by atoms with Crippen LogP contribution in [0.15, 0.2) is 0 Å². The van der Waals surface area contributed by atoms with E-state index in [9.17, 15) is 8.60 Å². The van der Waals surface area contributed by atoms with E-state index < -0.39 is 5.50 Å². The highest BCUT2D eigenvalue weighted by atomic mass is 32.1. The Kier molecular flexibility index (Phi) is 2.18. The van der Waals surface area contributed by atoms with Gasteiger partial charge in [-0.3, -0.25) is 0 Å². The normalized spacial score (nSPS) is 14.0. The molecule has 0 saturated heterocycles. The summed E-state index contributed by atoms with van der Waals surface area (Å²) in [6, 6.07) is 0. The molecule has 1 atom stereocenters. The van der Waals surface area contributed by atoms with Crippen molar-refractivity contribution in [2.75, 3.05) is 0 Å². The molecule has 0 radical (unpaired) electrons. The molecule has 0 fully saturated rings. The maximum Gasteiger partial charge on any atom is 0.498 e. The van der Waals surface area contributed by atoms with Gasteiger partial charge in [-0.15, -0.1) is 0 Å². The van der Waals surface area contributed by atoms with Crippen LogP contribution in [-0.2, 0) is 15.9 Å². The van der Waals surface area contributed by atoms with Crippen LogP contribution in [0.5, 0.6) is 0 Å². The van der Waals surface area contributed by atoms with Gasteiger partial charge in [0.2, 0.25) is 0 Å². The van der Waals surface area contributed by atoms with Crippen LogP contribution >= 0.6 is 0 Å². The molecule has 0 N–H and O–H groups in total. The Labute approximate surface area is 33.7 Å². The summed E-state index contributed by atoms with van der Waals surface area (Å²) in [5, 5.41) is 0. The van der Waals surface area contributed by atoms with E-state index in [1.807, 2.05) is 0 Å². The first-order chi connectivity index (χ1) is 2.27. The van der Waals surface area contributed by atoms with Gasteiger partial charge in [-0.25, -0.2) is 0 Å². The van der Waals surface area contributed by atoms with Gasteiger partial charge in [0, 0.05) is 11.1 Å². The third kappa shape index (κ3) is 3.95. The van der Waals surface area contributed by atoms with E-state index in [1.54, 1.807) is 0 Å². The summed E-state index contributed by atoms with van der Waals surface area (Å²) in [6.45, 7) is 1.21. The number of rotatable bonds is 1. The first kappa shape index (κ1) is 4.95. The second-order valence-electron chi connectivity index (χ2n) is 0.639. The summed E-state index contributed by atoms with van der Waals surface area (Å²) in [6.07, 6.45) is 0. The summed E-state index contributed by atoms with van der Waals surface area (Å²) < 4.78 is 20.3. The van der Waals surface area contributed by atoms with E-state index in [0.717, 1.165) is 0 Å². The maximum atomic E-state index is 11.1. The van der Waals surface area contributed by atoms with E-state index in [2.05, 4.69) is 0 Å². The highest BCUT2D eigenvalue weighted by Crippen LogP contribution is 1.79. The fourth-order valence-corrected chi connectivity index (χ4v) is 0. The molecule has 0 aliphatic rings. The van der Waals surface area contributed by atoms with Crippen LogP contribution in [0.1, 0.15) is 6.92 Å². The molecular formula is C2H4FOS+. The Morgan fingerprint density at radius 1 is 2.00 bits per heavy atom. The Bertz CT molecular complexity index is 36.6. The van der Waals surface area contributed by atoms with Gasteiger partial charge in [-0.05, 0) is 0 Å². The van der Waals surface area contributed by atoms with Crippen molar-refractivity contribution < 1.29 is 8.60 Å². The van der Waals surface area contributed by atoms with Crippen molar-refractivity contribution in [2.24, 2.45) is 0 Å². The van der Waals surface area contributed by atoms with Crippen LogP contribution in [0, 0.1) is 0 Å². The second-order valence-corrected chi connectivity index (χ2v) is 1.48. The minimum absolute atomic E-state index is 0.0370. The summed E-state index contributed by atoms with van der Waals surface area (Å²) in [5.41, 5.74) is -1.25. The van der Waals surface area contributed by atoms with Crippen molar-refractivity contribution in [3.63, 3.8) is 0 Å². The quantitative estimate of drug-likeness (QED) is 0.439. The van der Waals surface area contributed by atoms with Crippen molar-refractivity contribution in [1.29, 1.82) is 0 Å². The van der Waals surface area contributed by atoms with E-state index in [-0.39, 0.29) is 11.7 Å². The molecule has 0 heterocycles. The molecule has 0 aromatic carbocycles. The zero-order valence-electron chi connectivity index (χ0n) is 2.77. The fourth-order valence-electron chi connectivity index (χ4n) is 0. The fraction of sp³-hybridized carbons (Fsp3) is 1.00. The Morgan fingerprint density at radius 3 is 2.20 bits per heavy atom. The van der Waals surface area contributed by atoms with Gasteiger partial charge < -0.3 is 0 Å². The average Bonchev–Trinajstić information content (AvgIpc) is 1.38. The van der Waals surface area contributed by atoms with Gasteiger partial charge in [-0.1, -0.05) is 0 Å². The van der Waals surface area contributed by atoms with Crippen LogP contribution < -0.4 is 0 Å². The molecule has 30 valence electrons. The van der Waals surface area contributed by atoms with Gasteiger partial charge in [0.1, 0.15) is 0 Å². The van der Waals surface area contributed by atoms with E-state index in [4.69, 9.17) is 0 Å². The lowest BCUT2D eigenvalue weighted by Crippen LogP contribution is -1.82. The molecule has 0 unspecified atom stereocenters. The molecule has 0 aliphatic heterocycles. The van der Waals surface area contributed by atoms with Crippen LogP contribution in [0.2, 0.25) is 0 Å². The SMILES string of the molecule is C[C@H](F)[S+]=O. The monoisotopic (exact) mass is 95.0 g/mol. The van der Waals surface area contributed by atoms with Gasteiger partial charge >= 0.3 is 17.2 Å². The molecule has 5 heavy (non-hydrogen) atoms. The predicted octanol–water partition coefficient (Wildman–Crippen LogP) is 0.730. The molecule has 3 heteroatoms. The standard InChI is InChI=1S/C2H4FOS/c1-2(3)5-4/h2H,1H3/q+1/t2-/m1/s1. The van der Waals surface area contributed by atoms with Crippen molar-refractivity contribution in [3.05, 3.63) is 0 Å². The lowest BCUT2D eigenvalue weighted by Gasteiger charge is -1.56. The predicted molar refractivity (Wildman–Crippen MR) is 18.6 cm³/mol. The average molecular weight is 95.1 g/mol. The Morgan fingerprint density at radius 2 is 2.20 bits per heavy atom. The summed E-state index contributed by atoms with van der Waals surface area (Å²) >= 11 is -0.0370. The van der Waals surface area contributed by atoms with Crippen molar-refractivity contribution in [2.45, 2.75) is 12.4 Å². The molecule has 0 amide bonds. The third-order valence-electron chi connectivity index (χ3n) is 0.133. The van der Waals surface area contributed by atoms with Gasteiger partial charge in [0.05, 0.1) is 0 Å². The Balaban J connectivity index is 2.83. The minimum Gasteiger partial charge on any atom is -0.175 e. The van der Waals surface area contributed by atoms with Crippen molar-refractivity contribution in [1.82, 2.24) is 0 Å². The lowest BCUT2D eigenvalue weighted by atomic mass is 10.9. The molecule has 0 bridgehead atoms. The highest BCUT2D eigenvalue weighted by Gasteiger charge is 2.07. The number of hydrogen-bond acceptors (Lipinski definition) is 1. The molecule has 0 aromatic rings. The zero-order valence-corrected chi connectivity index (χ0v) is 3.59.